The molecule has 0 spiro atoms. The van der Waals surface area contributed by atoms with Gasteiger partial charge in [-0.15, -0.1) is 0 Å². The summed E-state index contributed by atoms with van der Waals surface area (Å²) < 4.78 is 21.6. The third kappa shape index (κ3) is 2.68. The minimum Gasteiger partial charge on any atom is -0.461 e. The molecule has 1 fully saturated rings. The molecule has 0 aromatic carbocycles. The second-order valence-electron chi connectivity index (χ2n) is 5.42. The van der Waals surface area contributed by atoms with E-state index >= 15 is 0 Å². The molecule has 0 atom stereocenters. The zero-order valence-corrected chi connectivity index (χ0v) is 12.7. The van der Waals surface area contributed by atoms with Crippen molar-refractivity contribution in [3.8, 4) is 0 Å². The van der Waals surface area contributed by atoms with Gasteiger partial charge < -0.3 is 14.0 Å². The van der Waals surface area contributed by atoms with Crippen LogP contribution in [0.1, 0.15) is 45.1 Å². The number of aromatic nitrogens is 1. The van der Waals surface area contributed by atoms with Gasteiger partial charge in [-0.3, -0.25) is 0 Å². The van der Waals surface area contributed by atoms with Crippen molar-refractivity contribution in [3.63, 3.8) is 0 Å². The molecule has 1 aromatic rings. The van der Waals surface area contributed by atoms with E-state index in [2.05, 4.69) is 4.37 Å². The predicted octanol–water partition coefficient (Wildman–Crippen LogP) is 1.62. The summed E-state index contributed by atoms with van der Waals surface area (Å²) in [4.78, 5) is 11.6. The second-order valence-corrected chi connectivity index (χ2v) is 6.26. The largest absolute Gasteiger partial charge is 0.507 e. The zero-order valence-electron chi connectivity index (χ0n) is 11.9. The first kappa shape index (κ1) is 14.5. The van der Waals surface area contributed by atoms with Gasteiger partial charge in [0.15, 0.2) is 5.69 Å². The van der Waals surface area contributed by atoms with Crippen LogP contribution in [0.2, 0.25) is 0 Å². The van der Waals surface area contributed by atoms with Crippen LogP contribution in [0.3, 0.4) is 0 Å². The van der Waals surface area contributed by atoms with E-state index in [1.807, 2.05) is 27.7 Å². The molecule has 2 rings (SSSR count). The van der Waals surface area contributed by atoms with Gasteiger partial charge in [0.1, 0.15) is 0 Å². The maximum atomic E-state index is 11.6. The molecule has 104 valence electrons. The highest BCUT2D eigenvalue weighted by Gasteiger charge is 2.52. The molecule has 0 aliphatic carbocycles. The first-order chi connectivity index (χ1) is 8.77. The Hall–Kier alpha value is -0.915. The summed E-state index contributed by atoms with van der Waals surface area (Å²) in [6.45, 7) is 10.0. The van der Waals surface area contributed by atoms with Gasteiger partial charge in [-0.05, 0) is 52.2 Å². The summed E-state index contributed by atoms with van der Waals surface area (Å²) in [7, 11) is -0.481. The van der Waals surface area contributed by atoms with Crippen molar-refractivity contribution >= 4 is 29.4 Å². The van der Waals surface area contributed by atoms with Crippen LogP contribution in [0.25, 0.3) is 0 Å². The molecule has 19 heavy (non-hydrogen) atoms. The molecule has 5 nitrogen and oxygen atoms in total. The lowest BCUT2D eigenvalue weighted by molar-refractivity contribution is 0.00578. The fourth-order valence-electron chi connectivity index (χ4n) is 1.66. The Morgan fingerprint density at radius 1 is 1.37 bits per heavy atom. The minimum absolute atomic E-state index is 0.302. The van der Waals surface area contributed by atoms with Gasteiger partial charge in [0.25, 0.3) is 0 Å². The monoisotopic (exact) mass is 283 g/mol. The molecule has 0 saturated carbocycles. The predicted molar refractivity (Wildman–Crippen MR) is 73.8 cm³/mol. The Morgan fingerprint density at radius 3 is 2.47 bits per heavy atom. The fourth-order valence-corrected chi connectivity index (χ4v) is 2.34. The number of hydrogen-bond acceptors (Lipinski definition) is 6. The first-order valence-corrected chi connectivity index (χ1v) is 7.03. The molecule has 0 amide bonds. The minimum atomic E-state index is -0.481. The summed E-state index contributed by atoms with van der Waals surface area (Å²) in [5.41, 5.74) is -0.492. The van der Waals surface area contributed by atoms with Crippen LogP contribution < -0.4 is 4.78 Å². The van der Waals surface area contributed by atoms with E-state index in [4.69, 9.17) is 14.0 Å². The molecular weight excluding hydrogens is 265 g/mol. The molecule has 0 N–H and O–H groups in total. The normalized spacial score (nSPS) is 20.6. The van der Waals surface area contributed by atoms with Crippen LogP contribution in [-0.4, -0.2) is 35.3 Å². The van der Waals surface area contributed by atoms with Gasteiger partial charge in [0, 0.05) is 0 Å². The van der Waals surface area contributed by atoms with Gasteiger partial charge in [0.2, 0.25) is 0 Å². The van der Waals surface area contributed by atoms with Crippen LogP contribution >= 0.6 is 11.5 Å². The summed E-state index contributed by atoms with van der Waals surface area (Å²) in [5, 5.41) is 0. The quantitative estimate of drug-likeness (QED) is 0.623. The molecule has 1 aliphatic rings. The fraction of sp³-hybridized carbons (Fsp3) is 0.667. The van der Waals surface area contributed by atoms with E-state index in [0.717, 1.165) is 4.78 Å². The lowest BCUT2D eigenvalue weighted by Crippen LogP contribution is -2.41. The third-order valence-electron chi connectivity index (χ3n) is 3.50. The molecule has 2 heterocycles. The Balaban J connectivity index is 2.15. The number of carbonyl (C=O) groups is 1. The molecule has 0 radical (unpaired) electrons. The van der Waals surface area contributed by atoms with Crippen LogP contribution in [-0.2, 0) is 14.0 Å². The van der Waals surface area contributed by atoms with Crippen molar-refractivity contribution in [2.75, 3.05) is 6.61 Å². The summed E-state index contributed by atoms with van der Waals surface area (Å²) in [6, 6.07) is 1.67. The van der Waals surface area contributed by atoms with E-state index in [9.17, 15) is 4.79 Å². The van der Waals surface area contributed by atoms with Gasteiger partial charge in [-0.1, -0.05) is 0 Å². The second kappa shape index (κ2) is 4.88. The highest BCUT2D eigenvalue weighted by atomic mass is 32.1. The van der Waals surface area contributed by atoms with Crippen molar-refractivity contribution < 1.29 is 18.8 Å². The molecular formula is C12H18BNO4S. The lowest BCUT2D eigenvalue weighted by Gasteiger charge is -2.32. The van der Waals surface area contributed by atoms with Gasteiger partial charge in [-0.25, -0.2) is 4.79 Å². The van der Waals surface area contributed by atoms with Crippen molar-refractivity contribution in [3.05, 3.63) is 11.8 Å². The van der Waals surface area contributed by atoms with Crippen LogP contribution in [0.15, 0.2) is 6.07 Å². The molecule has 1 saturated heterocycles. The third-order valence-corrected chi connectivity index (χ3v) is 4.31. The van der Waals surface area contributed by atoms with Crippen molar-refractivity contribution in [1.82, 2.24) is 4.37 Å². The van der Waals surface area contributed by atoms with E-state index in [-0.39, 0.29) is 0 Å². The SMILES string of the molecule is CCOC(=O)c1cc(B2OC(C)(C)C(C)(C)O2)sn1. The average Bonchev–Trinajstić information content (AvgIpc) is 2.83. The number of hydrogen-bond donors (Lipinski definition) is 0. The topological polar surface area (TPSA) is 57.7 Å². The summed E-state index contributed by atoms with van der Waals surface area (Å²) in [6.07, 6.45) is 0. The summed E-state index contributed by atoms with van der Waals surface area (Å²) in [5.74, 6) is -0.415. The maximum absolute atomic E-state index is 11.6. The highest BCUT2D eigenvalue weighted by Crippen LogP contribution is 2.36. The standard InChI is InChI=1S/C12H18BNO4S/c1-6-16-10(15)8-7-9(19-14-8)13-17-11(2,3)12(4,5)18-13/h7H,6H2,1-5H3. The van der Waals surface area contributed by atoms with Gasteiger partial charge in [0.05, 0.1) is 22.6 Å². The van der Waals surface area contributed by atoms with E-state index in [1.54, 1.807) is 13.0 Å². The Morgan fingerprint density at radius 2 is 1.95 bits per heavy atom. The maximum Gasteiger partial charge on any atom is 0.507 e. The highest BCUT2D eigenvalue weighted by molar-refractivity contribution is 7.17. The molecule has 0 bridgehead atoms. The number of carbonyl (C=O) groups excluding carboxylic acids is 1. The Kier molecular flexibility index (Phi) is 3.73. The van der Waals surface area contributed by atoms with Crippen LogP contribution in [0.5, 0.6) is 0 Å². The van der Waals surface area contributed by atoms with Crippen molar-refractivity contribution in [2.45, 2.75) is 45.8 Å². The van der Waals surface area contributed by atoms with Crippen molar-refractivity contribution in [2.24, 2.45) is 0 Å². The smallest absolute Gasteiger partial charge is 0.461 e. The van der Waals surface area contributed by atoms with E-state index in [1.165, 1.54) is 11.5 Å². The van der Waals surface area contributed by atoms with E-state index < -0.39 is 24.3 Å². The zero-order chi connectivity index (χ0) is 14.3. The molecule has 7 heteroatoms. The average molecular weight is 283 g/mol. The van der Waals surface area contributed by atoms with Crippen LogP contribution in [0.4, 0.5) is 0 Å². The summed E-state index contributed by atoms with van der Waals surface area (Å²) >= 11 is 1.20. The van der Waals surface area contributed by atoms with Gasteiger partial charge in [-0.2, -0.15) is 4.37 Å². The molecule has 1 aliphatic heterocycles. The number of nitrogens with zero attached hydrogens (tertiary/aromatic N) is 1. The molecule has 0 unspecified atom stereocenters. The van der Waals surface area contributed by atoms with Gasteiger partial charge >= 0.3 is 13.1 Å². The molecule has 1 aromatic heterocycles. The van der Waals surface area contributed by atoms with Crippen molar-refractivity contribution in [1.29, 1.82) is 0 Å². The van der Waals surface area contributed by atoms with Crippen LogP contribution in [0, 0.1) is 0 Å². The number of ether oxygens (including phenoxy) is 1. The number of esters is 1. The number of rotatable bonds is 3. The van der Waals surface area contributed by atoms with E-state index in [0.29, 0.717) is 12.3 Å². The lowest BCUT2D eigenvalue weighted by atomic mass is 9.88. The Labute approximate surface area is 117 Å². The Bertz CT molecular complexity index is 470. The first-order valence-electron chi connectivity index (χ1n) is 6.26.